The van der Waals surface area contributed by atoms with Crippen LogP contribution in [0.4, 0.5) is 0 Å². The zero-order chi connectivity index (χ0) is 12.7. The molecule has 1 aromatic heterocycles. The highest BCUT2D eigenvalue weighted by Crippen LogP contribution is 2.14. The largest absolute Gasteiger partial charge is 0.303 e. The van der Waals surface area contributed by atoms with Crippen molar-refractivity contribution in [2.75, 3.05) is 13.6 Å². The number of hydrogen-bond donors (Lipinski definition) is 0. The van der Waals surface area contributed by atoms with Crippen molar-refractivity contribution in [3.63, 3.8) is 0 Å². The molecule has 98 valence electrons. The second kappa shape index (κ2) is 8.06. The van der Waals surface area contributed by atoms with Crippen molar-refractivity contribution in [3.05, 3.63) is 16.1 Å². The van der Waals surface area contributed by atoms with E-state index < -0.39 is 0 Å². The Kier molecular flexibility index (Phi) is 7.09. The van der Waals surface area contributed by atoms with E-state index in [-0.39, 0.29) is 0 Å². The van der Waals surface area contributed by atoms with Crippen LogP contribution in [-0.4, -0.2) is 29.5 Å². The molecule has 0 saturated carbocycles. The summed E-state index contributed by atoms with van der Waals surface area (Å²) in [4.78, 5) is 6.95. The van der Waals surface area contributed by atoms with Gasteiger partial charge >= 0.3 is 0 Å². The van der Waals surface area contributed by atoms with Crippen LogP contribution < -0.4 is 0 Å². The summed E-state index contributed by atoms with van der Waals surface area (Å²) in [5, 5.41) is 3.28. The fourth-order valence-electron chi connectivity index (χ4n) is 2.10. The van der Waals surface area contributed by atoms with Gasteiger partial charge in [-0.2, -0.15) is 0 Å². The molecule has 1 aromatic rings. The zero-order valence-corrected chi connectivity index (χ0v) is 12.7. The molecule has 1 rings (SSSR count). The van der Waals surface area contributed by atoms with Crippen molar-refractivity contribution in [2.45, 2.75) is 51.5 Å². The molecule has 0 aliphatic rings. The van der Waals surface area contributed by atoms with Crippen molar-refractivity contribution in [1.82, 2.24) is 9.88 Å². The maximum absolute atomic E-state index is 5.74. The van der Waals surface area contributed by atoms with Gasteiger partial charge in [0, 0.05) is 17.8 Å². The van der Waals surface area contributed by atoms with E-state index in [0.717, 1.165) is 24.7 Å². The molecule has 0 aromatic carbocycles. The predicted octanol–water partition coefficient (Wildman–Crippen LogP) is 3.93. The Hall–Kier alpha value is -0.120. The first-order valence-electron chi connectivity index (χ1n) is 6.40. The molecule has 0 atom stereocenters. The van der Waals surface area contributed by atoms with E-state index in [1.165, 1.54) is 24.3 Å². The topological polar surface area (TPSA) is 16.1 Å². The van der Waals surface area contributed by atoms with Gasteiger partial charge in [0.15, 0.2) is 0 Å². The highest BCUT2D eigenvalue weighted by molar-refractivity contribution is 7.09. The second-order valence-electron chi connectivity index (χ2n) is 4.42. The highest BCUT2D eigenvalue weighted by atomic mass is 35.5. The van der Waals surface area contributed by atoms with E-state index >= 15 is 0 Å². The lowest BCUT2D eigenvalue weighted by Crippen LogP contribution is -2.31. The maximum Gasteiger partial charge on any atom is 0.0929 e. The molecule has 0 aliphatic heterocycles. The fourth-order valence-corrected chi connectivity index (χ4v) is 3.17. The SMILES string of the molecule is CCC(CC)N(C)CCCc1nc(CCl)cs1. The van der Waals surface area contributed by atoms with Gasteiger partial charge in [-0.25, -0.2) is 4.98 Å². The van der Waals surface area contributed by atoms with E-state index in [4.69, 9.17) is 11.6 Å². The summed E-state index contributed by atoms with van der Waals surface area (Å²) in [7, 11) is 2.23. The number of rotatable bonds is 8. The molecule has 0 fully saturated rings. The molecule has 0 aliphatic carbocycles. The van der Waals surface area contributed by atoms with E-state index in [9.17, 15) is 0 Å². The number of aromatic nitrogens is 1. The number of aryl methyl sites for hydroxylation is 1. The maximum atomic E-state index is 5.74. The third-order valence-corrected chi connectivity index (χ3v) is 4.43. The van der Waals surface area contributed by atoms with Crippen LogP contribution >= 0.6 is 22.9 Å². The minimum absolute atomic E-state index is 0.532. The van der Waals surface area contributed by atoms with Crippen molar-refractivity contribution in [3.8, 4) is 0 Å². The van der Waals surface area contributed by atoms with Gasteiger partial charge in [-0.05, 0) is 32.9 Å². The average Bonchev–Trinajstić information content (AvgIpc) is 2.78. The van der Waals surface area contributed by atoms with Crippen LogP contribution in [0.1, 0.15) is 43.8 Å². The van der Waals surface area contributed by atoms with Crippen molar-refractivity contribution < 1.29 is 0 Å². The molecular weight excluding hydrogens is 252 g/mol. The predicted molar refractivity (Wildman–Crippen MR) is 77.0 cm³/mol. The standard InChI is InChI=1S/C13H23ClN2S/c1-4-12(5-2)16(3)8-6-7-13-15-11(9-14)10-17-13/h10,12H,4-9H2,1-3H3. The van der Waals surface area contributed by atoms with Gasteiger partial charge in [-0.1, -0.05) is 13.8 Å². The van der Waals surface area contributed by atoms with Crippen molar-refractivity contribution in [2.24, 2.45) is 0 Å². The summed E-state index contributed by atoms with van der Waals surface area (Å²) in [6, 6.07) is 0.727. The lowest BCUT2D eigenvalue weighted by molar-refractivity contribution is 0.227. The molecule has 4 heteroatoms. The normalized spacial score (nSPS) is 11.6. The lowest BCUT2D eigenvalue weighted by Gasteiger charge is -2.25. The molecule has 0 unspecified atom stereocenters. The van der Waals surface area contributed by atoms with Gasteiger partial charge in [0.1, 0.15) is 0 Å². The van der Waals surface area contributed by atoms with Gasteiger partial charge in [0.05, 0.1) is 16.6 Å². The Morgan fingerprint density at radius 2 is 2.12 bits per heavy atom. The monoisotopic (exact) mass is 274 g/mol. The first kappa shape index (κ1) is 14.9. The molecule has 17 heavy (non-hydrogen) atoms. The van der Waals surface area contributed by atoms with E-state index in [1.807, 2.05) is 0 Å². The molecular formula is C13H23ClN2S. The zero-order valence-electron chi connectivity index (χ0n) is 11.1. The Bertz CT molecular complexity index is 310. The van der Waals surface area contributed by atoms with Crippen LogP contribution in [0.25, 0.3) is 0 Å². The molecule has 0 radical (unpaired) electrons. The quantitative estimate of drug-likeness (QED) is 0.668. The van der Waals surface area contributed by atoms with Crippen molar-refractivity contribution in [1.29, 1.82) is 0 Å². The minimum atomic E-state index is 0.532. The molecule has 0 bridgehead atoms. The van der Waals surface area contributed by atoms with E-state index in [1.54, 1.807) is 11.3 Å². The second-order valence-corrected chi connectivity index (χ2v) is 5.63. The summed E-state index contributed by atoms with van der Waals surface area (Å²) in [5.41, 5.74) is 1.01. The summed E-state index contributed by atoms with van der Waals surface area (Å²) in [6.45, 7) is 5.68. The number of nitrogens with zero attached hydrogens (tertiary/aromatic N) is 2. The Morgan fingerprint density at radius 1 is 1.41 bits per heavy atom. The molecule has 1 heterocycles. The number of halogens is 1. The smallest absolute Gasteiger partial charge is 0.0929 e. The fraction of sp³-hybridized carbons (Fsp3) is 0.769. The van der Waals surface area contributed by atoms with Crippen LogP contribution in [0, 0.1) is 0 Å². The molecule has 0 amide bonds. The first-order valence-corrected chi connectivity index (χ1v) is 7.82. The van der Waals surface area contributed by atoms with Gasteiger partial charge in [-0.15, -0.1) is 22.9 Å². The minimum Gasteiger partial charge on any atom is -0.303 e. The molecule has 2 nitrogen and oxygen atoms in total. The average molecular weight is 275 g/mol. The van der Waals surface area contributed by atoms with Crippen LogP contribution in [0.15, 0.2) is 5.38 Å². The summed E-state index contributed by atoms with van der Waals surface area (Å²) >= 11 is 7.47. The Morgan fingerprint density at radius 3 is 2.65 bits per heavy atom. The third-order valence-electron chi connectivity index (χ3n) is 3.20. The molecule has 0 N–H and O–H groups in total. The number of thiazole rings is 1. The molecule has 0 saturated heterocycles. The van der Waals surface area contributed by atoms with Crippen LogP contribution in [0.5, 0.6) is 0 Å². The summed E-state index contributed by atoms with van der Waals surface area (Å²) in [5.74, 6) is 0.532. The van der Waals surface area contributed by atoms with Gasteiger partial charge in [-0.3, -0.25) is 0 Å². The van der Waals surface area contributed by atoms with Gasteiger partial charge < -0.3 is 4.90 Å². The van der Waals surface area contributed by atoms with E-state index in [0.29, 0.717) is 5.88 Å². The van der Waals surface area contributed by atoms with Crippen LogP contribution in [0.3, 0.4) is 0 Å². The van der Waals surface area contributed by atoms with Crippen LogP contribution in [0.2, 0.25) is 0 Å². The Labute approximate surface area is 114 Å². The van der Waals surface area contributed by atoms with Gasteiger partial charge in [0.2, 0.25) is 0 Å². The van der Waals surface area contributed by atoms with Crippen molar-refractivity contribution >= 4 is 22.9 Å². The number of alkyl halides is 1. The first-order chi connectivity index (χ1) is 8.21. The molecule has 0 spiro atoms. The summed E-state index contributed by atoms with van der Waals surface area (Å²) < 4.78 is 0. The highest BCUT2D eigenvalue weighted by Gasteiger charge is 2.10. The summed E-state index contributed by atoms with van der Waals surface area (Å²) in [6.07, 6.45) is 4.73. The third kappa shape index (κ3) is 4.94. The van der Waals surface area contributed by atoms with E-state index in [2.05, 4.69) is 36.2 Å². The lowest BCUT2D eigenvalue weighted by atomic mass is 10.1. The van der Waals surface area contributed by atoms with Gasteiger partial charge in [0.25, 0.3) is 0 Å². The Balaban J connectivity index is 2.27. The number of hydrogen-bond acceptors (Lipinski definition) is 3. The van der Waals surface area contributed by atoms with Crippen LogP contribution in [-0.2, 0) is 12.3 Å².